The van der Waals surface area contributed by atoms with E-state index in [1.807, 2.05) is 7.05 Å². The van der Waals surface area contributed by atoms with E-state index in [4.69, 9.17) is 4.98 Å². The minimum absolute atomic E-state index is 0.341. The average molecular weight is 249 g/mol. The van der Waals surface area contributed by atoms with Crippen molar-refractivity contribution in [2.45, 2.75) is 65.0 Å². The highest BCUT2D eigenvalue weighted by Crippen LogP contribution is 2.36. The fraction of sp³-hybridized carbons (Fsp3) is 0.800. The monoisotopic (exact) mass is 249 g/mol. The molecule has 1 aliphatic rings. The van der Waals surface area contributed by atoms with Crippen LogP contribution in [0.4, 0.5) is 0 Å². The molecule has 0 aromatic carbocycles. The van der Waals surface area contributed by atoms with Crippen molar-refractivity contribution in [3.05, 3.63) is 17.7 Å². The van der Waals surface area contributed by atoms with E-state index in [9.17, 15) is 0 Å². The lowest BCUT2D eigenvalue weighted by Crippen LogP contribution is -2.23. The summed E-state index contributed by atoms with van der Waals surface area (Å²) in [4.78, 5) is 4.73. The van der Waals surface area contributed by atoms with E-state index < -0.39 is 0 Å². The molecule has 0 aliphatic heterocycles. The van der Waals surface area contributed by atoms with Crippen LogP contribution in [-0.2, 0) is 0 Å². The molecule has 0 spiro atoms. The normalized spacial score (nSPS) is 26.2. The van der Waals surface area contributed by atoms with Gasteiger partial charge in [0, 0.05) is 18.3 Å². The number of hydrogen-bond acceptors (Lipinski definition) is 2. The molecule has 0 bridgehead atoms. The fourth-order valence-electron chi connectivity index (χ4n) is 3.23. The molecule has 1 aliphatic carbocycles. The highest BCUT2D eigenvalue weighted by atomic mass is 15.1. The molecule has 0 radical (unpaired) electrons. The van der Waals surface area contributed by atoms with Crippen LogP contribution in [-0.4, -0.2) is 16.6 Å². The molecule has 18 heavy (non-hydrogen) atoms. The predicted octanol–water partition coefficient (Wildman–Crippen LogP) is 3.61. The van der Waals surface area contributed by atoms with Crippen LogP contribution in [0, 0.1) is 12.8 Å². The molecule has 3 atom stereocenters. The van der Waals surface area contributed by atoms with Crippen molar-refractivity contribution in [2.75, 3.05) is 7.05 Å². The van der Waals surface area contributed by atoms with Crippen LogP contribution in [0.15, 0.2) is 6.20 Å². The van der Waals surface area contributed by atoms with Crippen molar-refractivity contribution in [3.8, 4) is 0 Å². The molecular formula is C15H27N3. The van der Waals surface area contributed by atoms with E-state index in [-0.39, 0.29) is 0 Å². The van der Waals surface area contributed by atoms with Crippen LogP contribution in [0.2, 0.25) is 0 Å². The minimum Gasteiger partial charge on any atom is -0.331 e. The van der Waals surface area contributed by atoms with Crippen LogP contribution >= 0.6 is 0 Å². The van der Waals surface area contributed by atoms with Gasteiger partial charge in [-0.25, -0.2) is 4.98 Å². The van der Waals surface area contributed by atoms with Crippen molar-refractivity contribution in [1.82, 2.24) is 14.9 Å². The Balaban J connectivity index is 2.23. The molecule has 102 valence electrons. The average Bonchev–Trinajstić information content (AvgIpc) is 2.79. The Hall–Kier alpha value is -0.830. The van der Waals surface area contributed by atoms with Gasteiger partial charge in [0.15, 0.2) is 0 Å². The van der Waals surface area contributed by atoms with Gasteiger partial charge in [-0.05, 0) is 39.7 Å². The summed E-state index contributed by atoms with van der Waals surface area (Å²) in [6.07, 6.45) is 9.05. The third kappa shape index (κ3) is 2.61. The molecule has 1 fully saturated rings. The number of imidazole rings is 1. The van der Waals surface area contributed by atoms with Crippen LogP contribution in [0.1, 0.15) is 69.6 Å². The number of nitrogens with zero attached hydrogens (tertiary/aromatic N) is 2. The molecule has 2 rings (SSSR count). The maximum absolute atomic E-state index is 4.73. The molecule has 0 saturated heterocycles. The van der Waals surface area contributed by atoms with Crippen LogP contribution < -0.4 is 5.32 Å². The molecule has 3 nitrogen and oxygen atoms in total. The van der Waals surface area contributed by atoms with Crippen molar-refractivity contribution in [3.63, 3.8) is 0 Å². The lowest BCUT2D eigenvalue weighted by molar-refractivity contribution is 0.229. The zero-order chi connectivity index (χ0) is 13.1. The molecule has 0 amide bonds. The van der Waals surface area contributed by atoms with Gasteiger partial charge in [0.1, 0.15) is 5.82 Å². The minimum atomic E-state index is 0.341. The second-order valence-corrected chi connectivity index (χ2v) is 5.65. The molecule has 1 N–H and O–H groups in total. The topological polar surface area (TPSA) is 29.9 Å². The molecule has 3 heteroatoms. The first kappa shape index (κ1) is 13.6. The van der Waals surface area contributed by atoms with Gasteiger partial charge in [0.25, 0.3) is 0 Å². The van der Waals surface area contributed by atoms with Crippen molar-refractivity contribution in [1.29, 1.82) is 0 Å². The molecule has 1 saturated carbocycles. The number of aromatic nitrogens is 2. The number of hydrogen-bond donors (Lipinski definition) is 1. The Morgan fingerprint density at radius 1 is 1.44 bits per heavy atom. The van der Waals surface area contributed by atoms with E-state index in [2.05, 4.69) is 36.9 Å². The van der Waals surface area contributed by atoms with E-state index in [1.54, 1.807) is 0 Å². The third-order valence-electron chi connectivity index (χ3n) is 4.56. The van der Waals surface area contributed by atoms with Gasteiger partial charge in [0.2, 0.25) is 0 Å². The lowest BCUT2D eigenvalue weighted by Gasteiger charge is -2.32. The standard InChI is InChI=1S/C15H27N3/c1-5-13-8-6-7-9-15(13)18-10-14(11(2)16-4)17-12(18)3/h10-11,13,15-16H,5-9H2,1-4H3. The highest BCUT2D eigenvalue weighted by Gasteiger charge is 2.26. The molecule has 1 aromatic heterocycles. The molecule has 3 unspecified atom stereocenters. The van der Waals surface area contributed by atoms with Gasteiger partial charge < -0.3 is 9.88 Å². The zero-order valence-corrected chi connectivity index (χ0v) is 12.2. The quantitative estimate of drug-likeness (QED) is 0.883. The summed E-state index contributed by atoms with van der Waals surface area (Å²) in [6.45, 7) is 6.64. The van der Waals surface area contributed by atoms with Gasteiger partial charge >= 0.3 is 0 Å². The first-order valence-corrected chi connectivity index (χ1v) is 7.40. The van der Waals surface area contributed by atoms with Crippen molar-refractivity contribution < 1.29 is 0 Å². The second kappa shape index (κ2) is 5.87. The van der Waals surface area contributed by atoms with E-state index >= 15 is 0 Å². The first-order chi connectivity index (χ1) is 8.67. The van der Waals surface area contributed by atoms with Crippen LogP contribution in [0.3, 0.4) is 0 Å². The van der Waals surface area contributed by atoms with Gasteiger partial charge in [-0.2, -0.15) is 0 Å². The maximum atomic E-state index is 4.73. The van der Waals surface area contributed by atoms with Gasteiger partial charge in [-0.3, -0.25) is 0 Å². The summed E-state index contributed by atoms with van der Waals surface area (Å²) in [5.74, 6) is 2.02. The zero-order valence-electron chi connectivity index (χ0n) is 12.2. The maximum Gasteiger partial charge on any atom is 0.106 e. The smallest absolute Gasteiger partial charge is 0.106 e. The Morgan fingerprint density at radius 2 is 2.17 bits per heavy atom. The lowest BCUT2D eigenvalue weighted by atomic mass is 9.82. The second-order valence-electron chi connectivity index (χ2n) is 5.65. The Bertz CT molecular complexity index is 383. The number of nitrogens with one attached hydrogen (secondary N) is 1. The van der Waals surface area contributed by atoms with Crippen LogP contribution in [0.25, 0.3) is 0 Å². The SMILES string of the molecule is CCC1CCCCC1n1cc(C(C)NC)nc1C. The van der Waals surface area contributed by atoms with E-state index in [0.717, 1.165) is 5.92 Å². The Kier molecular flexibility index (Phi) is 4.44. The van der Waals surface area contributed by atoms with Gasteiger partial charge in [-0.15, -0.1) is 0 Å². The predicted molar refractivity (Wildman–Crippen MR) is 75.7 cm³/mol. The van der Waals surface area contributed by atoms with E-state index in [1.165, 1.54) is 43.6 Å². The van der Waals surface area contributed by atoms with Gasteiger partial charge in [0.05, 0.1) is 5.69 Å². The number of aryl methyl sites for hydroxylation is 1. The summed E-state index contributed by atoms with van der Waals surface area (Å²) >= 11 is 0. The van der Waals surface area contributed by atoms with E-state index in [0.29, 0.717) is 12.1 Å². The summed E-state index contributed by atoms with van der Waals surface area (Å²) in [6, 6.07) is 1.02. The highest BCUT2D eigenvalue weighted by molar-refractivity contribution is 5.09. The number of rotatable bonds is 4. The summed E-state index contributed by atoms with van der Waals surface area (Å²) in [5.41, 5.74) is 1.18. The summed E-state index contributed by atoms with van der Waals surface area (Å²) in [5, 5.41) is 3.27. The van der Waals surface area contributed by atoms with Crippen molar-refractivity contribution >= 4 is 0 Å². The van der Waals surface area contributed by atoms with Gasteiger partial charge in [-0.1, -0.05) is 26.2 Å². The fourth-order valence-corrected chi connectivity index (χ4v) is 3.23. The molecule has 1 aromatic rings. The summed E-state index contributed by atoms with van der Waals surface area (Å²) in [7, 11) is 1.99. The Labute approximate surface area is 111 Å². The molecule has 1 heterocycles. The van der Waals surface area contributed by atoms with Crippen molar-refractivity contribution in [2.24, 2.45) is 5.92 Å². The Morgan fingerprint density at radius 3 is 2.83 bits per heavy atom. The summed E-state index contributed by atoms with van der Waals surface area (Å²) < 4.78 is 2.44. The third-order valence-corrected chi connectivity index (χ3v) is 4.56. The first-order valence-electron chi connectivity index (χ1n) is 7.40. The van der Waals surface area contributed by atoms with Crippen LogP contribution in [0.5, 0.6) is 0 Å². The largest absolute Gasteiger partial charge is 0.331 e. The molecular weight excluding hydrogens is 222 g/mol.